The zero-order valence-corrected chi connectivity index (χ0v) is 14.9. The predicted octanol–water partition coefficient (Wildman–Crippen LogP) is 1.58. The summed E-state index contributed by atoms with van der Waals surface area (Å²) in [5, 5.41) is 14.2. The van der Waals surface area contributed by atoms with Crippen LogP contribution in [0.25, 0.3) is 0 Å². The fraction of sp³-hybridized carbons (Fsp3) is 1.00. The van der Waals surface area contributed by atoms with Crippen LogP contribution in [0.1, 0.15) is 47.5 Å². The molecule has 0 bridgehead atoms. The van der Waals surface area contributed by atoms with Crippen molar-refractivity contribution in [2.24, 2.45) is 10.8 Å². The third-order valence-electron chi connectivity index (χ3n) is 4.04. The lowest BCUT2D eigenvalue weighted by atomic mass is 9.89. The Morgan fingerprint density at radius 2 is 1.67 bits per heavy atom. The molecule has 1 saturated heterocycles. The van der Waals surface area contributed by atoms with E-state index in [2.05, 4.69) is 55.9 Å². The van der Waals surface area contributed by atoms with Crippen molar-refractivity contribution in [3.05, 3.63) is 0 Å². The van der Waals surface area contributed by atoms with Gasteiger partial charge in [0.2, 0.25) is 0 Å². The molecule has 4 nitrogen and oxygen atoms in total. The summed E-state index contributed by atoms with van der Waals surface area (Å²) in [6.07, 6.45) is 2.49. The van der Waals surface area contributed by atoms with Crippen LogP contribution >= 0.6 is 0 Å². The lowest BCUT2D eigenvalue weighted by Crippen LogP contribution is -2.40. The second-order valence-corrected chi connectivity index (χ2v) is 8.47. The Hall–Kier alpha value is -0.160. The van der Waals surface area contributed by atoms with Gasteiger partial charge in [0, 0.05) is 38.8 Å². The zero-order valence-electron chi connectivity index (χ0n) is 14.9. The van der Waals surface area contributed by atoms with E-state index in [1.807, 2.05) is 0 Å². The van der Waals surface area contributed by atoms with Crippen molar-refractivity contribution in [1.29, 1.82) is 0 Å². The van der Waals surface area contributed by atoms with Crippen molar-refractivity contribution in [2.45, 2.75) is 53.5 Å². The average Bonchev–Trinajstić information content (AvgIpc) is 2.87. The molecule has 1 atom stereocenters. The molecule has 0 aromatic heterocycles. The third kappa shape index (κ3) is 10.2. The van der Waals surface area contributed by atoms with Crippen molar-refractivity contribution in [2.75, 3.05) is 45.8 Å². The smallest absolute Gasteiger partial charge is 0.0204 e. The molecule has 4 N–H and O–H groups in total. The van der Waals surface area contributed by atoms with Crippen LogP contribution in [0.2, 0.25) is 0 Å². The SMILES string of the molecule is CC(C)(C)CNCCNCCC(C)(C)CNC1CCNC1. The van der Waals surface area contributed by atoms with Gasteiger partial charge in [0.05, 0.1) is 0 Å². The van der Waals surface area contributed by atoms with Gasteiger partial charge in [-0.05, 0) is 36.8 Å². The molecular weight excluding hydrogens is 260 g/mol. The Labute approximate surface area is 132 Å². The maximum absolute atomic E-state index is 3.70. The van der Waals surface area contributed by atoms with Crippen LogP contribution in [-0.4, -0.2) is 51.9 Å². The molecule has 21 heavy (non-hydrogen) atoms. The van der Waals surface area contributed by atoms with Crippen LogP contribution in [0.5, 0.6) is 0 Å². The van der Waals surface area contributed by atoms with E-state index >= 15 is 0 Å². The molecule has 0 aromatic rings. The molecule has 1 unspecified atom stereocenters. The molecule has 4 heteroatoms. The zero-order chi connectivity index (χ0) is 15.8. The van der Waals surface area contributed by atoms with Crippen molar-refractivity contribution in [1.82, 2.24) is 21.3 Å². The van der Waals surface area contributed by atoms with Gasteiger partial charge in [-0.15, -0.1) is 0 Å². The van der Waals surface area contributed by atoms with Gasteiger partial charge in [-0.25, -0.2) is 0 Å². The monoisotopic (exact) mass is 298 g/mol. The van der Waals surface area contributed by atoms with Gasteiger partial charge in [0.1, 0.15) is 0 Å². The van der Waals surface area contributed by atoms with Gasteiger partial charge in [-0.3, -0.25) is 0 Å². The standard InChI is InChI=1S/C17H38N4/c1-16(2,3)13-20-11-10-18-9-7-17(4,5)14-21-15-6-8-19-12-15/h15,18-21H,6-14H2,1-5H3. The van der Waals surface area contributed by atoms with E-state index in [0.717, 1.165) is 39.3 Å². The highest BCUT2D eigenvalue weighted by Gasteiger charge is 2.20. The van der Waals surface area contributed by atoms with Gasteiger partial charge < -0.3 is 21.3 Å². The lowest BCUT2D eigenvalue weighted by molar-refractivity contribution is 0.295. The molecule has 126 valence electrons. The van der Waals surface area contributed by atoms with Gasteiger partial charge in [0.15, 0.2) is 0 Å². The van der Waals surface area contributed by atoms with E-state index in [1.54, 1.807) is 0 Å². The Morgan fingerprint density at radius 1 is 0.952 bits per heavy atom. The van der Waals surface area contributed by atoms with Crippen LogP contribution in [0, 0.1) is 10.8 Å². The van der Waals surface area contributed by atoms with Gasteiger partial charge in [-0.2, -0.15) is 0 Å². The first-order valence-corrected chi connectivity index (χ1v) is 8.64. The molecule has 1 rings (SSSR count). The Balaban J connectivity index is 1.97. The molecule has 0 aromatic carbocycles. The summed E-state index contributed by atoms with van der Waals surface area (Å²) in [5.74, 6) is 0. The van der Waals surface area contributed by atoms with Gasteiger partial charge in [0.25, 0.3) is 0 Å². The summed E-state index contributed by atoms with van der Waals surface area (Å²) in [6, 6.07) is 0.679. The first-order valence-electron chi connectivity index (χ1n) is 8.64. The highest BCUT2D eigenvalue weighted by Crippen LogP contribution is 2.18. The quantitative estimate of drug-likeness (QED) is 0.463. The summed E-state index contributed by atoms with van der Waals surface area (Å²) < 4.78 is 0. The molecule has 0 saturated carbocycles. The first kappa shape index (κ1) is 18.9. The summed E-state index contributed by atoms with van der Waals surface area (Å²) >= 11 is 0. The van der Waals surface area contributed by atoms with Crippen LogP contribution in [0.4, 0.5) is 0 Å². The van der Waals surface area contributed by atoms with E-state index in [0.29, 0.717) is 16.9 Å². The van der Waals surface area contributed by atoms with E-state index in [-0.39, 0.29) is 0 Å². The van der Waals surface area contributed by atoms with Gasteiger partial charge >= 0.3 is 0 Å². The van der Waals surface area contributed by atoms with Crippen LogP contribution in [0.15, 0.2) is 0 Å². The number of hydrogen-bond acceptors (Lipinski definition) is 4. The molecule has 0 radical (unpaired) electrons. The third-order valence-corrected chi connectivity index (χ3v) is 4.04. The first-order chi connectivity index (χ1) is 9.79. The minimum Gasteiger partial charge on any atom is -0.315 e. The minimum absolute atomic E-state index is 0.369. The topological polar surface area (TPSA) is 48.1 Å². The number of rotatable bonds is 10. The van der Waals surface area contributed by atoms with Crippen molar-refractivity contribution >= 4 is 0 Å². The average molecular weight is 299 g/mol. The molecular formula is C17H38N4. The van der Waals surface area contributed by atoms with Crippen molar-refractivity contribution < 1.29 is 0 Å². The summed E-state index contributed by atoms with van der Waals surface area (Å²) in [6.45, 7) is 19.3. The molecule has 1 heterocycles. The Bertz CT molecular complexity index is 264. The van der Waals surface area contributed by atoms with Crippen LogP contribution in [-0.2, 0) is 0 Å². The maximum atomic E-state index is 3.70. The molecule has 1 fully saturated rings. The van der Waals surface area contributed by atoms with E-state index in [9.17, 15) is 0 Å². The fourth-order valence-electron chi connectivity index (χ4n) is 2.53. The molecule has 0 amide bonds. The molecule has 0 aliphatic carbocycles. The van der Waals surface area contributed by atoms with Gasteiger partial charge in [-0.1, -0.05) is 34.6 Å². The van der Waals surface area contributed by atoms with E-state index in [4.69, 9.17) is 0 Å². The molecule has 0 spiro atoms. The van der Waals surface area contributed by atoms with Crippen molar-refractivity contribution in [3.63, 3.8) is 0 Å². The lowest BCUT2D eigenvalue weighted by Gasteiger charge is -2.27. The normalized spacial score (nSPS) is 20.1. The predicted molar refractivity (Wildman–Crippen MR) is 92.9 cm³/mol. The van der Waals surface area contributed by atoms with E-state index in [1.165, 1.54) is 19.4 Å². The highest BCUT2D eigenvalue weighted by molar-refractivity contribution is 4.81. The molecule has 1 aliphatic rings. The summed E-state index contributed by atoms with van der Waals surface area (Å²) in [5.41, 5.74) is 0.747. The Morgan fingerprint density at radius 3 is 2.29 bits per heavy atom. The number of nitrogens with one attached hydrogen (secondary N) is 4. The van der Waals surface area contributed by atoms with Crippen molar-refractivity contribution in [3.8, 4) is 0 Å². The summed E-state index contributed by atoms with van der Waals surface area (Å²) in [4.78, 5) is 0. The maximum Gasteiger partial charge on any atom is 0.0204 e. The van der Waals surface area contributed by atoms with Crippen LogP contribution < -0.4 is 21.3 Å². The number of hydrogen-bond donors (Lipinski definition) is 4. The fourth-order valence-corrected chi connectivity index (χ4v) is 2.53. The Kier molecular flexibility index (Phi) is 8.17. The van der Waals surface area contributed by atoms with Crippen LogP contribution in [0.3, 0.4) is 0 Å². The minimum atomic E-state index is 0.369. The second kappa shape index (κ2) is 9.09. The van der Waals surface area contributed by atoms with E-state index < -0.39 is 0 Å². The summed E-state index contributed by atoms with van der Waals surface area (Å²) in [7, 11) is 0. The largest absolute Gasteiger partial charge is 0.315 e. The highest BCUT2D eigenvalue weighted by atomic mass is 15.0. The second-order valence-electron chi connectivity index (χ2n) is 8.47. The molecule has 1 aliphatic heterocycles.